The second-order valence-corrected chi connectivity index (χ2v) is 6.79. The second kappa shape index (κ2) is 7.29. The summed E-state index contributed by atoms with van der Waals surface area (Å²) in [5, 5.41) is 0. The first-order valence-corrected chi connectivity index (χ1v) is 8.66. The molecule has 0 saturated carbocycles. The van der Waals surface area contributed by atoms with Crippen molar-refractivity contribution >= 4 is 29.7 Å². The van der Waals surface area contributed by atoms with Gasteiger partial charge in [0.1, 0.15) is 6.04 Å². The standard InChI is InChI=1S/C17H22N6O4/c1-9(23-13(24)10-6-4-5-7-11(10)14(23)25)15(26)27-8-12-19-16(18)21-17(20-12)22(2)3/h4-5,9-11H,6-8H2,1-3H3,(H2,18,19,20,21)/t9-,10-,11-/m0/s1. The Bertz CT molecular complexity index is 783. The molecule has 0 spiro atoms. The molecule has 2 N–H and O–H groups in total. The monoisotopic (exact) mass is 374 g/mol. The van der Waals surface area contributed by atoms with E-state index in [0.717, 1.165) is 4.90 Å². The number of carbonyl (C=O) groups excluding carboxylic acids is 3. The van der Waals surface area contributed by atoms with Crippen LogP contribution in [-0.2, 0) is 25.7 Å². The van der Waals surface area contributed by atoms with Crippen molar-refractivity contribution in [2.24, 2.45) is 11.8 Å². The van der Waals surface area contributed by atoms with Crippen molar-refractivity contribution in [1.82, 2.24) is 19.9 Å². The first-order valence-electron chi connectivity index (χ1n) is 8.66. The van der Waals surface area contributed by atoms with Crippen LogP contribution in [-0.4, -0.2) is 57.8 Å². The molecule has 1 fully saturated rings. The van der Waals surface area contributed by atoms with Crippen LogP contribution in [0.15, 0.2) is 12.2 Å². The zero-order chi connectivity index (χ0) is 19.7. The largest absolute Gasteiger partial charge is 0.456 e. The van der Waals surface area contributed by atoms with Crippen LogP contribution < -0.4 is 10.6 Å². The summed E-state index contributed by atoms with van der Waals surface area (Å²) in [5.41, 5.74) is 5.63. The molecule has 0 aromatic carbocycles. The number of esters is 1. The van der Waals surface area contributed by atoms with Gasteiger partial charge in [-0.1, -0.05) is 12.2 Å². The molecule has 1 aromatic rings. The summed E-state index contributed by atoms with van der Waals surface area (Å²) in [7, 11) is 3.48. The van der Waals surface area contributed by atoms with Gasteiger partial charge in [-0.3, -0.25) is 14.5 Å². The fraction of sp³-hybridized carbons (Fsp3) is 0.529. The van der Waals surface area contributed by atoms with Gasteiger partial charge in [-0.25, -0.2) is 4.79 Å². The zero-order valence-corrected chi connectivity index (χ0v) is 15.5. The van der Waals surface area contributed by atoms with Crippen LogP contribution in [0.5, 0.6) is 0 Å². The lowest BCUT2D eigenvalue weighted by Gasteiger charge is -2.21. The third kappa shape index (κ3) is 3.60. The lowest BCUT2D eigenvalue weighted by molar-refractivity contribution is -0.159. The maximum atomic E-state index is 12.5. The number of amides is 2. The highest BCUT2D eigenvalue weighted by Crippen LogP contribution is 2.36. The van der Waals surface area contributed by atoms with Crippen molar-refractivity contribution in [3.05, 3.63) is 18.0 Å². The van der Waals surface area contributed by atoms with Crippen molar-refractivity contribution in [3.8, 4) is 0 Å². The number of nitrogen functional groups attached to an aromatic ring is 1. The molecule has 2 aliphatic rings. The van der Waals surface area contributed by atoms with E-state index in [1.54, 1.807) is 19.0 Å². The van der Waals surface area contributed by atoms with Gasteiger partial charge in [-0.15, -0.1) is 0 Å². The summed E-state index contributed by atoms with van der Waals surface area (Å²) in [4.78, 5) is 52.2. The first kappa shape index (κ1) is 18.7. The van der Waals surface area contributed by atoms with E-state index in [-0.39, 0.29) is 42.0 Å². The second-order valence-electron chi connectivity index (χ2n) is 6.79. The molecule has 3 rings (SSSR count). The number of anilines is 2. The summed E-state index contributed by atoms with van der Waals surface area (Å²) in [6.07, 6.45) is 4.83. The van der Waals surface area contributed by atoms with E-state index >= 15 is 0 Å². The maximum absolute atomic E-state index is 12.5. The fourth-order valence-corrected chi connectivity index (χ4v) is 3.26. The van der Waals surface area contributed by atoms with Crippen molar-refractivity contribution in [1.29, 1.82) is 0 Å². The maximum Gasteiger partial charge on any atom is 0.329 e. The van der Waals surface area contributed by atoms with Gasteiger partial charge in [0, 0.05) is 14.1 Å². The Morgan fingerprint density at radius 3 is 2.37 bits per heavy atom. The smallest absolute Gasteiger partial charge is 0.329 e. The van der Waals surface area contributed by atoms with Gasteiger partial charge >= 0.3 is 5.97 Å². The summed E-state index contributed by atoms with van der Waals surface area (Å²) in [6.45, 7) is 1.25. The number of imide groups is 1. The predicted octanol–water partition coefficient (Wildman–Crippen LogP) is -0.0973. The molecule has 1 aromatic heterocycles. The van der Waals surface area contributed by atoms with Gasteiger partial charge < -0.3 is 15.4 Å². The van der Waals surface area contributed by atoms with E-state index in [1.807, 2.05) is 12.2 Å². The number of carbonyl (C=O) groups is 3. The van der Waals surface area contributed by atoms with Crippen molar-refractivity contribution in [3.63, 3.8) is 0 Å². The van der Waals surface area contributed by atoms with Gasteiger partial charge in [0.2, 0.25) is 23.7 Å². The Balaban J connectivity index is 1.66. The quantitative estimate of drug-likeness (QED) is 0.426. The predicted molar refractivity (Wildman–Crippen MR) is 95.0 cm³/mol. The number of likely N-dealkylation sites (tertiary alicyclic amines) is 1. The minimum absolute atomic E-state index is 0.00858. The van der Waals surface area contributed by atoms with Gasteiger partial charge in [0.05, 0.1) is 11.8 Å². The van der Waals surface area contributed by atoms with Crippen LogP contribution >= 0.6 is 0 Å². The molecular formula is C17H22N6O4. The number of nitrogens with zero attached hydrogens (tertiary/aromatic N) is 5. The topological polar surface area (TPSA) is 132 Å². The third-order valence-corrected chi connectivity index (χ3v) is 4.70. The zero-order valence-electron chi connectivity index (χ0n) is 15.5. The van der Waals surface area contributed by atoms with Crippen molar-refractivity contribution < 1.29 is 19.1 Å². The molecular weight excluding hydrogens is 352 g/mol. The molecule has 0 bridgehead atoms. The van der Waals surface area contributed by atoms with Crippen LogP contribution in [0.3, 0.4) is 0 Å². The average molecular weight is 374 g/mol. The lowest BCUT2D eigenvalue weighted by Crippen LogP contribution is -2.44. The Morgan fingerprint density at radius 2 is 1.81 bits per heavy atom. The van der Waals surface area contributed by atoms with Gasteiger partial charge in [-0.05, 0) is 19.8 Å². The minimum Gasteiger partial charge on any atom is -0.456 e. The number of allylic oxidation sites excluding steroid dienone is 2. The number of hydrogen-bond donors (Lipinski definition) is 1. The average Bonchev–Trinajstić information content (AvgIpc) is 2.89. The molecule has 2 amide bonds. The normalized spacial score (nSPS) is 22.6. The number of ether oxygens (including phenoxy) is 1. The summed E-state index contributed by atoms with van der Waals surface area (Å²) >= 11 is 0. The molecule has 10 heteroatoms. The van der Waals surface area contributed by atoms with Gasteiger partial charge in [-0.2, -0.15) is 15.0 Å². The Labute approximate surface area is 156 Å². The number of rotatable bonds is 5. The first-order chi connectivity index (χ1) is 12.8. The molecule has 27 heavy (non-hydrogen) atoms. The van der Waals surface area contributed by atoms with Crippen molar-refractivity contribution in [2.75, 3.05) is 24.7 Å². The molecule has 3 atom stereocenters. The molecule has 2 heterocycles. The Hall–Kier alpha value is -3.04. The van der Waals surface area contributed by atoms with Crippen LogP contribution in [0.25, 0.3) is 0 Å². The minimum atomic E-state index is -1.01. The molecule has 1 aliphatic heterocycles. The Morgan fingerprint density at radius 1 is 1.22 bits per heavy atom. The van der Waals surface area contributed by atoms with Crippen molar-refractivity contribution in [2.45, 2.75) is 32.4 Å². The molecule has 144 valence electrons. The van der Waals surface area contributed by atoms with E-state index in [1.165, 1.54) is 6.92 Å². The van der Waals surface area contributed by atoms with Crippen LogP contribution in [0.2, 0.25) is 0 Å². The van der Waals surface area contributed by atoms with E-state index in [4.69, 9.17) is 10.5 Å². The van der Waals surface area contributed by atoms with Crippen LogP contribution in [0.4, 0.5) is 11.9 Å². The van der Waals surface area contributed by atoms with Crippen LogP contribution in [0, 0.1) is 11.8 Å². The lowest BCUT2D eigenvalue weighted by atomic mass is 9.85. The number of aromatic nitrogens is 3. The molecule has 10 nitrogen and oxygen atoms in total. The summed E-state index contributed by atoms with van der Waals surface area (Å²) in [6, 6.07) is -1.01. The molecule has 1 saturated heterocycles. The Kier molecular flexibility index (Phi) is 5.06. The highest BCUT2D eigenvalue weighted by molar-refractivity contribution is 6.08. The van der Waals surface area contributed by atoms with Gasteiger partial charge in [0.25, 0.3) is 0 Å². The van der Waals surface area contributed by atoms with E-state index in [2.05, 4.69) is 15.0 Å². The summed E-state index contributed by atoms with van der Waals surface area (Å²) < 4.78 is 5.21. The van der Waals surface area contributed by atoms with E-state index in [9.17, 15) is 14.4 Å². The number of hydrogen-bond acceptors (Lipinski definition) is 9. The summed E-state index contributed by atoms with van der Waals surface area (Å²) in [5.74, 6) is -1.58. The SMILES string of the molecule is C[C@@H](C(=O)OCc1nc(N)nc(N(C)C)n1)N1C(=O)[C@H]2CC=CC[C@@H]2C1=O. The highest BCUT2D eigenvalue weighted by Gasteiger charge is 2.50. The van der Waals surface area contributed by atoms with Gasteiger partial charge in [0.15, 0.2) is 12.4 Å². The van der Waals surface area contributed by atoms with E-state index in [0.29, 0.717) is 18.8 Å². The highest BCUT2D eigenvalue weighted by atomic mass is 16.5. The molecule has 1 aliphatic carbocycles. The molecule has 0 radical (unpaired) electrons. The van der Waals surface area contributed by atoms with Crippen LogP contribution in [0.1, 0.15) is 25.6 Å². The molecule has 0 unspecified atom stereocenters. The third-order valence-electron chi connectivity index (χ3n) is 4.70. The number of nitrogens with two attached hydrogens (primary N) is 1. The van der Waals surface area contributed by atoms with E-state index < -0.39 is 12.0 Å². The number of fused-ring (bicyclic) bond motifs is 1. The fourth-order valence-electron chi connectivity index (χ4n) is 3.26.